The van der Waals surface area contributed by atoms with Crippen molar-refractivity contribution >= 4 is 39.5 Å². The molecule has 5 atom stereocenters. The van der Waals surface area contributed by atoms with Crippen LogP contribution in [0.4, 0.5) is 0 Å². The van der Waals surface area contributed by atoms with Crippen molar-refractivity contribution in [2.75, 3.05) is 39.6 Å². The second kappa shape index (κ2) is 73.8. The monoisotopic (exact) mass is 1450 g/mol. The Bertz CT molecular complexity index is 2180. The molecule has 0 aliphatic rings. The first-order valence-corrected chi connectivity index (χ1v) is 43.2. The highest BCUT2D eigenvalue weighted by Crippen LogP contribution is 2.45. The number of hydrogen-bond acceptors (Lipinski definition) is 15. The zero-order chi connectivity index (χ0) is 73.2. The van der Waals surface area contributed by atoms with Crippen molar-refractivity contribution in [3.8, 4) is 0 Å². The van der Waals surface area contributed by atoms with Gasteiger partial charge in [-0.3, -0.25) is 37.3 Å². The number of rotatable bonds is 76. The third-order valence-corrected chi connectivity index (χ3v) is 19.1. The fourth-order valence-electron chi connectivity index (χ4n) is 11.0. The summed E-state index contributed by atoms with van der Waals surface area (Å²) in [7, 11) is -9.96. The summed E-state index contributed by atoms with van der Waals surface area (Å²) in [6.45, 7) is 4.81. The van der Waals surface area contributed by atoms with E-state index in [1.165, 1.54) is 167 Å². The zero-order valence-corrected chi connectivity index (χ0v) is 65.4. The highest BCUT2D eigenvalue weighted by atomic mass is 31.2. The van der Waals surface area contributed by atoms with Gasteiger partial charge in [-0.15, -0.1) is 0 Å². The van der Waals surface area contributed by atoms with E-state index in [4.69, 9.17) is 37.0 Å². The number of carbonyl (C=O) groups excluding carboxylic acids is 4. The van der Waals surface area contributed by atoms with Crippen LogP contribution in [0.1, 0.15) is 362 Å². The van der Waals surface area contributed by atoms with Crippen LogP contribution in [0.25, 0.3) is 0 Å². The van der Waals surface area contributed by atoms with Crippen molar-refractivity contribution < 1.29 is 80.2 Å². The predicted octanol–water partition coefficient (Wildman–Crippen LogP) is 23.2. The molecule has 0 heterocycles. The Hall–Kier alpha value is -3.50. The van der Waals surface area contributed by atoms with Gasteiger partial charge in [0.1, 0.15) is 19.3 Å². The summed E-state index contributed by atoms with van der Waals surface area (Å²) in [6, 6.07) is 0. The number of aliphatic hydroxyl groups is 1. The molecule has 582 valence electrons. The van der Waals surface area contributed by atoms with Gasteiger partial charge in [0.25, 0.3) is 0 Å². The third kappa shape index (κ3) is 72.8. The Labute approximate surface area is 609 Å². The van der Waals surface area contributed by atoms with Gasteiger partial charge in [0.15, 0.2) is 12.2 Å². The van der Waals surface area contributed by atoms with E-state index in [2.05, 4.69) is 88.5 Å². The maximum atomic E-state index is 13.1. The largest absolute Gasteiger partial charge is 0.472 e. The highest BCUT2D eigenvalue weighted by Gasteiger charge is 2.30. The zero-order valence-electron chi connectivity index (χ0n) is 63.6. The predicted molar refractivity (Wildman–Crippen MR) is 409 cm³/mol. The number of esters is 4. The standard InChI is InChI=1S/C81H146O17P2/c1-5-9-13-17-21-25-29-33-35-36-37-38-40-43-46-50-54-58-62-66-79(84)92-72-76(97-80(85)67-63-59-55-51-47-42-32-28-24-20-16-12-8-4)73-95-99(87,88)93-69-75(82)70-94-100(89,90)96-74-77(71-91-78(83)65-61-57-53-49-45-41-31-27-23-19-15-11-7-3)98-81(86)68-64-60-56-52-48-44-39-34-30-26-22-18-14-10-6-2/h21,25,33-35,37-39,43,46,54,58,75-77,82H,5-20,22-24,26-32,36,40-42,44-45,47-53,55-57,59-74H2,1-4H3,(H,87,88)(H,89,90)/b25-21-,35-33-,38-37-,39-34-,46-43-,58-54-/t75-,76-,77-/m1/s1. The summed E-state index contributed by atoms with van der Waals surface area (Å²) in [5.74, 6) is -2.25. The molecule has 0 radical (unpaired) electrons. The lowest BCUT2D eigenvalue weighted by atomic mass is 10.0. The molecule has 0 amide bonds. The SMILES string of the molecule is CCCCC/C=C\C/C=C\C/C=C\C/C=C\C/C=C\CCC(=O)OC[C@H](COP(=O)(O)OC[C@@H](O)COP(=O)(O)OC[C@@H](COC(=O)CCCCCCCCCCCCCCC)OC(=O)CCCCCCC/C=C\CCCCCCCC)OC(=O)CCCCCCCCCCCCCCC. The van der Waals surface area contributed by atoms with E-state index < -0.39 is 97.5 Å². The van der Waals surface area contributed by atoms with E-state index in [-0.39, 0.29) is 25.7 Å². The molecule has 0 aromatic carbocycles. The highest BCUT2D eigenvalue weighted by molar-refractivity contribution is 7.47. The molecule has 0 spiro atoms. The van der Waals surface area contributed by atoms with Crippen molar-refractivity contribution in [1.82, 2.24) is 0 Å². The van der Waals surface area contributed by atoms with E-state index in [1.54, 1.807) is 0 Å². The van der Waals surface area contributed by atoms with Crippen LogP contribution in [0, 0.1) is 0 Å². The molecule has 0 rings (SSSR count). The van der Waals surface area contributed by atoms with Crippen LogP contribution in [-0.2, 0) is 65.4 Å². The van der Waals surface area contributed by atoms with Crippen LogP contribution < -0.4 is 0 Å². The summed E-state index contributed by atoms with van der Waals surface area (Å²) in [5, 5.41) is 10.6. The molecule has 0 aromatic rings. The van der Waals surface area contributed by atoms with E-state index in [0.29, 0.717) is 32.1 Å². The van der Waals surface area contributed by atoms with Gasteiger partial charge in [-0.2, -0.15) is 0 Å². The van der Waals surface area contributed by atoms with Crippen molar-refractivity contribution in [2.45, 2.75) is 380 Å². The lowest BCUT2D eigenvalue weighted by molar-refractivity contribution is -0.161. The Morgan fingerprint density at radius 2 is 0.510 bits per heavy atom. The van der Waals surface area contributed by atoms with Crippen LogP contribution in [0.3, 0.4) is 0 Å². The minimum Gasteiger partial charge on any atom is -0.462 e. The lowest BCUT2D eigenvalue weighted by Crippen LogP contribution is -2.30. The summed E-state index contributed by atoms with van der Waals surface area (Å²) in [5.41, 5.74) is 0. The van der Waals surface area contributed by atoms with Gasteiger partial charge < -0.3 is 33.8 Å². The summed E-state index contributed by atoms with van der Waals surface area (Å²) in [4.78, 5) is 72.9. The minimum atomic E-state index is -4.98. The molecule has 19 heteroatoms. The van der Waals surface area contributed by atoms with E-state index in [9.17, 15) is 43.2 Å². The van der Waals surface area contributed by atoms with E-state index in [0.717, 1.165) is 109 Å². The van der Waals surface area contributed by atoms with Crippen molar-refractivity contribution in [3.63, 3.8) is 0 Å². The minimum absolute atomic E-state index is 0.0420. The van der Waals surface area contributed by atoms with Crippen LogP contribution >= 0.6 is 15.6 Å². The maximum Gasteiger partial charge on any atom is 0.472 e. The number of ether oxygens (including phenoxy) is 4. The molecule has 0 fully saturated rings. The smallest absolute Gasteiger partial charge is 0.462 e. The Morgan fingerprint density at radius 1 is 0.280 bits per heavy atom. The number of aliphatic hydroxyl groups excluding tert-OH is 1. The summed E-state index contributed by atoms with van der Waals surface area (Å²) in [6.07, 6.45) is 74.6. The van der Waals surface area contributed by atoms with Crippen molar-refractivity contribution in [3.05, 3.63) is 72.9 Å². The molecule has 3 N–H and O–H groups in total. The topological polar surface area (TPSA) is 237 Å². The van der Waals surface area contributed by atoms with Gasteiger partial charge in [-0.05, 0) is 89.9 Å². The normalized spacial score (nSPS) is 14.3. The molecule has 2 unspecified atom stereocenters. The molecule has 0 bridgehead atoms. The van der Waals surface area contributed by atoms with E-state index in [1.807, 2.05) is 12.2 Å². The molecular formula is C81H146O17P2. The second-order valence-corrected chi connectivity index (χ2v) is 29.9. The maximum absolute atomic E-state index is 13.1. The summed E-state index contributed by atoms with van der Waals surface area (Å²) < 4.78 is 68.5. The average Bonchev–Trinajstić information content (AvgIpc) is 0.924. The average molecular weight is 1450 g/mol. The molecule has 0 aliphatic heterocycles. The van der Waals surface area contributed by atoms with E-state index >= 15 is 0 Å². The molecule has 0 aromatic heterocycles. The van der Waals surface area contributed by atoms with Gasteiger partial charge in [0.2, 0.25) is 0 Å². The first-order chi connectivity index (χ1) is 48.7. The van der Waals surface area contributed by atoms with Crippen molar-refractivity contribution in [2.24, 2.45) is 0 Å². The Balaban J connectivity index is 5.37. The van der Waals surface area contributed by atoms with Gasteiger partial charge in [-0.1, -0.05) is 319 Å². The molecule has 0 saturated heterocycles. The quantitative estimate of drug-likeness (QED) is 0.0169. The Kier molecular flexibility index (Phi) is 71.2. The lowest BCUT2D eigenvalue weighted by Gasteiger charge is -2.21. The van der Waals surface area contributed by atoms with Gasteiger partial charge in [0.05, 0.1) is 26.4 Å². The Morgan fingerprint density at radius 3 is 0.840 bits per heavy atom. The van der Waals surface area contributed by atoms with Gasteiger partial charge in [-0.25, -0.2) is 9.13 Å². The van der Waals surface area contributed by atoms with Gasteiger partial charge in [0, 0.05) is 25.7 Å². The van der Waals surface area contributed by atoms with Crippen molar-refractivity contribution in [1.29, 1.82) is 0 Å². The number of phosphoric ester groups is 2. The molecule has 0 saturated carbocycles. The molecule has 0 aliphatic carbocycles. The van der Waals surface area contributed by atoms with Crippen LogP contribution in [0.15, 0.2) is 72.9 Å². The summed E-state index contributed by atoms with van der Waals surface area (Å²) >= 11 is 0. The first-order valence-electron chi connectivity index (χ1n) is 40.2. The van der Waals surface area contributed by atoms with Crippen LogP contribution in [0.2, 0.25) is 0 Å². The number of carbonyl (C=O) groups is 4. The first kappa shape index (κ1) is 96.5. The molecule has 17 nitrogen and oxygen atoms in total. The third-order valence-electron chi connectivity index (χ3n) is 17.2. The molecule has 100 heavy (non-hydrogen) atoms. The number of phosphoric acid groups is 2. The van der Waals surface area contributed by atoms with Crippen LogP contribution in [-0.4, -0.2) is 96.7 Å². The fourth-order valence-corrected chi connectivity index (χ4v) is 12.6. The number of allylic oxidation sites excluding steroid dienone is 12. The fraction of sp³-hybridized carbons (Fsp3) is 0.802. The van der Waals surface area contributed by atoms with Crippen LogP contribution in [0.5, 0.6) is 0 Å². The number of hydrogen-bond donors (Lipinski definition) is 3. The second-order valence-electron chi connectivity index (χ2n) is 27.0. The van der Waals surface area contributed by atoms with Gasteiger partial charge >= 0.3 is 39.5 Å². The molecular weight excluding hydrogens is 1310 g/mol. The number of unbranched alkanes of at least 4 members (excludes halogenated alkanes) is 38.